The number of allylic oxidation sites excluding steroid dienone is 12. The zero-order chi connectivity index (χ0) is 26.5. The van der Waals surface area contributed by atoms with Crippen LogP contribution in [0.1, 0.15) is 48.3 Å². The zero-order valence-corrected chi connectivity index (χ0v) is 22.7. The molecule has 4 aromatic rings. The van der Waals surface area contributed by atoms with Gasteiger partial charge in [-0.05, 0) is 86.6 Å². The standard InChI is InChI=1S/C40H32/c1-2-13-27(14-3-1)29-22-11-24-32-31(29)23-12-26-34(32)40-37-20-8-6-18-35(37)39(36-19-7-9-21-38(36)40)33-25-10-16-28-15-4-5-17-30(28)33/h1-3,5-9,11-14,17-26,37,40H,4,10,15-16H2/t37-,40-/m0/s1. The third-order valence-corrected chi connectivity index (χ3v) is 9.29. The van der Waals surface area contributed by atoms with Crippen LogP contribution in [0.25, 0.3) is 27.5 Å². The van der Waals surface area contributed by atoms with Crippen molar-refractivity contribution >= 4 is 16.3 Å². The van der Waals surface area contributed by atoms with Crippen LogP contribution in [0.4, 0.5) is 0 Å². The number of fused-ring (bicyclic) bond motifs is 3. The highest BCUT2D eigenvalue weighted by Crippen LogP contribution is 2.53. The Bertz CT molecular complexity index is 1830. The fraction of sp³-hybridized carbons (Fsp3) is 0.150. The minimum Gasteiger partial charge on any atom is -0.0836 e. The first-order chi connectivity index (χ1) is 19.9. The van der Waals surface area contributed by atoms with E-state index < -0.39 is 0 Å². The normalized spacial score (nSPS) is 21.2. The number of rotatable bonds is 3. The largest absolute Gasteiger partial charge is 0.0836 e. The van der Waals surface area contributed by atoms with Gasteiger partial charge in [-0.15, -0.1) is 0 Å². The van der Waals surface area contributed by atoms with Crippen molar-refractivity contribution in [1.82, 2.24) is 0 Å². The van der Waals surface area contributed by atoms with Crippen molar-refractivity contribution in [3.8, 4) is 11.1 Å². The molecule has 0 radical (unpaired) electrons. The van der Waals surface area contributed by atoms with E-state index in [1.54, 1.807) is 5.57 Å². The summed E-state index contributed by atoms with van der Waals surface area (Å²) in [5, 5.41) is 2.68. The minimum atomic E-state index is 0.255. The van der Waals surface area contributed by atoms with Crippen LogP contribution in [-0.2, 0) is 0 Å². The average molecular weight is 513 g/mol. The Hall–Kier alpha value is -4.42. The molecular weight excluding hydrogens is 480 g/mol. The summed E-state index contributed by atoms with van der Waals surface area (Å²) >= 11 is 0. The molecule has 0 bridgehead atoms. The molecular formula is C40H32. The summed E-state index contributed by atoms with van der Waals surface area (Å²) in [4.78, 5) is 0. The maximum Gasteiger partial charge on any atom is 0.0205 e. The van der Waals surface area contributed by atoms with E-state index in [2.05, 4.69) is 134 Å². The van der Waals surface area contributed by atoms with Crippen molar-refractivity contribution in [3.63, 3.8) is 0 Å². The van der Waals surface area contributed by atoms with Gasteiger partial charge in [0.1, 0.15) is 0 Å². The number of hydrogen-bond donors (Lipinski definition) is 0. The topological polar surface area (TPSA) is 0 Å². The van der Waals surface area contributed by atoms with Gasteiger partial charge in [0.25, 0.3) is 0 Å². The van der Waals surface area contributed by atoms with Gasteiger partial charge in [-0.25, -0.2) is 0 Å². The molecule has 0 heteroatoms. The van der Waals surface area contributed by atoms with Crippen LogP contribution >= 0.6 is 0 Å². The van der Waals surface area contributed by atoms with Gasteiger partial charge in [0.05, 0.1) is 0 Å². The Kier molecular flexibility index (Phi) is 5.66. The Labute approximate surface area is 237 Å². The minimum absolute atomic E-state index is 0.255. The van der Waals surface area contributed by atoms with E-state index in [0.29, 0.717) is 5.92 Å². The van der Waals surface area contributed by atoms with Crippen molar-refractivity contribution in [2.24, 2.45) is 5.92 Å². The van der Waals surface area contributed by atoms with Gasteiger partial charge in [0.2, 0.25) is 0 Å². The molecule has 192 valence electrons. The SMILES string of the molecule is C1=CC2=C(C3=CCCC4=C3C=CCC4)c3ccccc3[C@@H](c3cccc4c(-c5ccccc5)cccc34)[C@H]2C=C1. The molecule has 4 aliphatic carbocycles. The first-order valence-electron chi connectivity index (χ1n) is 14.7. The molecule has 0 unspecified atom stereocenters. The molecule has 0 nitrogen and oxygen atoms in total. The van der Waals surface area contributed by atoms with Gasteiger partial charge in [0, 0.05) is 11.8 Å². The molecule has 8 rings (SSSR count). The quantitative estimate of drug-likeness (QED) is 0.256. The van der Waals surface area contributed by atoms with Crippen LogP contribution < -0.4 is 0 Å². The summed E-state index contributed by atoms with van der Waals surface area (Å²) in [5.74, 6) is 0.547. The van der Waals surface area contributed by atoms with Gasteiger partial charge >= 0.3 is 0 Å². The van der Waals surface area contributed by atoms with Crippen molar-refractivity contribution in [2.75, 3.05) is 0 Å². The lowest BCUT2D eigenvalue weighted by molar-refractivity contribution is 0.652. The van der Waals surface area contributed by atoms with Gasteiger partial charge in [-0.3, -0.25) is 0 Å². The average Bonchev–Trinajstić information content (AvgIpc) is 3.03. The summed E-state index contributed by atoms with van der Waals surface area (Å²) in [6, 6.07) is 33.8. The molecule has 4 aromatic carbocycles. The molecule has 0 heterocycles. The highest BCUT2D eigenvalue weighted by molar-refractivity contribution is 6.00. The van der Waals surface area contributed by atoms with Crippen LogP contribution in [0, 0.1) is 5.92 Å². The van der Waals surface area contributed by atoms with E-state index >= 15 is 0 Å². The van der Waals surface area contributed by atoms with Gasteiger partial charge in [-0.2, -0.15) is 0 Å². The second-order valence-electron chi connectivity index (χ2n) is 11.4. The van der Waals surface area contributed by atoms with Crippen LogP contribution in [0.2, 0.25) is 0 Å². The maximum absolute atomic E-state index is 2.52. The van der Waals surface area contributed by atoms with Crippen molar-refractivity contribution in [2.45, 2.75) is 31.6 Å². The lowest BCUT2D eigenvalue weighted by atomic mass is 9.64. The Morgan fingerprint density at radius 2 is 1.38 bits per heavy atom. The van der Waals surface area contributed by atoms with Gasteiger partial charge in [0.15, 0.2) is 0 Å². The lowest BCUT2D eigenvalue weighted by Gasteiger charge is -2.39. The monoisotopic (exact) mass is 512 g/mol. The molecule has 4 aliphatic rings. The lowest BCUT2D eigenvalue weighted by Crippen LogP contribution is -2.24. The fourth-order valence-electron chi connectivity index (χ4n) is 7.57. The van der Waals surface area contributed by atoms with E-state index in [0.717, 1.165) is 6.42 Å². The summed E-state index contributed by atoms with van der Waals surface area (Å²) in [5.41, 5.74) is 14.3. The highest BCUT2D eigenvalue weighted by Gasteiger charge is 2.37. The maximum atomic E-state index is 2.52. The smallest absolute Gasteiger partial charge is 0.0205 e. The predicted molar refractivity (Wildman–Crippen MR) is 169 cm³/mol. The van der Waals surface area contributed by atoms with Gasteiger partial charge < -0.3 is 0 Å². The Morgan fingerprint density at radius 1 is 0.600 bits per heavy atom. The molecule has 0 amide bonds. The second-order valence-corrected chi connectivity index (χ2v) is 11.4. The molecule has 0 spiro atoms. The summed E-state index contributed by atoms with van der Waals surface area (Å²) < 4.78 is 0. The molecule has 40 heavy (non-hydrogen) atoms. The predicted octanol–water partition coefficient (Wildman–Crippen LogP) is 10.5. The van der Waals surface area contributed by atoms with Gasteiger partial charge in [-0.1, -0.05) is 139 Å². The first-order valence-corrected chi connectivity index (χ1v) is 14.7. The molecule has 0 saturated carbocycles. The highest BCUT2D eigenvalue weighted by atomic mass is 14.4. The molecule has 0 fully saturated rings. The molecule has 0 saturated heterocycles. The van der Waals surface area contributed by atoms with Crippen LogP contribution in [0.5, 0.6) is 0 Å². The van der Waals surface area contributed by atoms with Crippen molar-refractivity contribution < 1.29 is 0 Å². The van der Waals surface area contributed by atoms with Crippen LogP contribution in [0.15, 0.2) is 156 Å². The third-order valence-electron chi connectivity index (χ3n) is 9.29. The molecule has 0 N–H and O–H groups in total. The molecule has 0 aliphatic heterocycles. The van der Waals surface area contributed by atoms with E-state index in [9.17, 15) is 0 Å². The van der Waals surface area contributed by atoms with E-state index in [1.165, 1.54) is 80.1 Å². The van der Waals surface area contributed by atoms with E-state index in [4.69, 9.17) is 0 Å². The van der Waals surface area contributed by atoms with E-state index in [1.807, 2.05) is 0 Å². The van der Waals surface area contributed by atoms with Crippen molar-refractivity contribution in [3.05, 3.63) is 173 Å². The van der Waals surface area contributed by atoms with Crippen LogP contribution in [-0.4, -0.2) is 0 Å². The summed E-state index contributed by atoms with van der Waals surface area (Å²) in [7, 11) is 0. The number of hydrogen-bond acceptors (Lipinski definition) is 0. The Morgan fingerprint density at radius 3 is 2.33 bits per heavy atom. The second kappa shape index (κ2) is 9.65. The van der Waals surface area contributed by atoms with Crippen molar-refractivity contribution in [1.29, 1.82) is 0 Å². The molecule has 2 atom stereocenters. The Balaban J connectivity index is 1.36. The zero-order valence-electron chi connectivity index (χ0n) is 22.7. The van der Waals surface area contributed by atoms with E-state index in [-0.39, 0.29) is 5.92 Å². The molecule has 0 aromatic heterocycles. The number of benzene rings is 4. The van der Waals surface area contributed by atoms with Crippen LogP contribution in [0.3, 0.4) is 0 Å². The summed E-state index contributed by atoms with van der Waals surface area (Å²) in [6.45, 7) is 0. The summed E-state index contributed by atoms with van der Waals surface area (Å²) in [6.07, 6.45) is 21.3. The third kappa shape index (κ3) is 3.67. The fourth-order valence-corrected chi connectivity index (χ4v) is 7.57. The first kappa shape index (κ1) is 23.5.